The number of nitrogens with zero attached hydrogens (tertiary/aromatic N) is 3. The van der Waals surface area contributed by atoms with E-state index in [1.54, 1.807) is 40.7 Å². The van der Waals surface area contributed by atoms with Crippen molar-refractivity contribution in [2.45, 2.75) is 12.9 Å². The molecule has 2 heterocycles. The Balaban J connectivity index is 0.00000341. The average Bonchev–Trinajstić information content (AvgIpc) is 2.94. The molecule has 0 radical (unpaired) electrons. The molecular formula is C20H16Cl2F3N3O3. The summed E-state index contributed by atoms with van der Waals surface area (Å²) in [6, 6.07) is 8.64. The van der Waals surface area contributed by atoms with Gasteiger partial charge in [0.05, 0.1) is 17.3 Å². The summed E-state index contributed by atoms with van der Waals surface area (Å²) in [5.41, 5.74) is 1.82. The lowest BCUT2D eigenvalue weighted by Crippen LogP contribution is -2.25. The molecule has 0 aliphatic heterocycles. The molecule has 2 aromatic heterocycles. The number of hydrogen-bond acceptors (Lipinski definition) is 4. The Hall–Kier alpha value is -2.93. The zero-order chi connectivity index (χ0) is 21.9. The summed E-state index contributed by atoms with van der Waals surface area (Å²) in [5.74, 6) is 4.35. The van der Waals surface area contributed by atoms with Crippen LogP contribution < -0.4 is 4.74 Å². The molecular weight excluding hydrogens is 458 g/mol. The fourth-order valence-electron chi connectivity index (χ4n) is 2.75. The normalized spacial score (nSPS) is 11.0. The maximum atomic E-state index is 12.4. The Morgan fingerprint density at radius 3 is 2.71 bits per heavy atom. The third-order valence-electron chi connectivity index (χ3n) is 3.87. The van der Waals surface area contributed by atoms with Crippen LogP contribution in [0.2, 0.25) is 5.02 Å². The van der Waals surface area contributed by atoms with Crippen molar-refractivity contribution in [3.8, 4) is 17.6 Å². The lowest BCUT2D eigenvalue weighted by molar-refractivity contribution is -0.274. The lowest BCUT2D eigenvalue weighted by atomic mass is 10.2. The second kappa shape index (κ2) is 9.92. The number of alkyl halides is 3. The molecule has 31 heavy (non-hydrogen) atoms. The van der Waals surface area contributed by atoms with E-state index in [0.29, 0.717) is 27.6 Å². The third kappa shape index (κ3) is 6.79. The highest BCUT2D eigenvalue weighted by molar-refractivity contribution is 6.30. The number of aliphatic carboxylic acids is 1. The van der Waals surface area contributed by atoms with Gasteiger partial charge in [-0.15, -0.1) is 25.6 Å². The number of benzene rings is 1. The summed E-state index contributed by atoms with van der Waals surface area (Å²) in [7, 11) is 1.63. The van der Waals surface area contributed by atoms with Crippen LogP contribution in [0.15, 0.2) is 42.6 Å². The average molecular weight is 474 g/mol. The van der Waals surface area contributed by atoms with E-state index in [-0.39, 0.29) is 31.2 Å². The van der Waals surface area contributed by atoms with Gasteiger partial charge in [-0.05, 0) is 43.3 Å². The topological polar surface area (TPSA) is 67.1 Å². The number of rotatable bonds is 5. The first kappa shape index (κ1) is 24.3. The number of ether oxygens (including phenoxy) is 1. The van der Waals surface area contributed by atoms with Crippen LogP contribution in [-0.4, -0.2) is 45.3 Å². The minimum Gasteiger partial charge on any atom is -0.480 e. The maximum Gasteiger partial charge on any atom is 0.573 e. The van der Waals surface area contributed by atoms with Gasteiger partial charge in [-0.1, -0.05) is 23.6 Å². The van der Waals surface area contributed by atoms with Gasteiger partial charge in [-0.3, -0.25) is 14.1 Å². The number of carboxylic acids is 1. The Bertz CT molecular complexity index is 1150. The summed E-state index contributed by atoms with van der Waals surface area (Å²) in [6.07, 6.45) is -3.19. The molecule has 11 heteroatoms. The van der Waals surface area contributed by atoms with E-state index >= 15 is 0 Å². The quantitative estimate of drug-likeness (QED) is 0.561. The van der Waals surface area contributed by atoms with Crippen LogP contribution >= 0.6 is 24.0 Å². The van der Waals surface area contributed by atoms with Crippen molar-refractivity contribution < 1.29 is 27.8 Å². The molecule has 3 aromatic rings. The van der Waals surface area contributed by atoms with Crippen LogP contribution in [0, 0.1) is 11.8 Å². The minimum absolute atomic E-state index is 0. The Kier molecular flexibility index (Phi) is 7.79. The molecule has 0 unspecified atom stereocenters. The molecule has 3 rings (SSSR count). The van der Waals surface area contributed by atoms with E-state index in [2.05, 4.69) is 21.6 Å². The standard InChI is InChI=1S/C20H15ClF3N3O3.ClH/c1-26(12-19(28)29)11-16-17(27-10-14(21)6-8-18(27)25-16)7-5-13-3-2-4-15(9-13)30-20(22,23)24;/h2-4,6,8-10H,11-12H2,1H3,(H,28,29);1H. The summed E-state index contributed by atoms with van der Waals surface area (Å²) in [5, 5.41) is 9.40. The largest absolute Gasteiger partial charge is 0.573 e. The first-order valence-electron chi connectivity index (χ1n) is 8.55. The third-order valence-corrected chi connectivity index (χ3v) is 4.10. The zero-order valence-corrected chi connectivity index (χ0v) is 17.6. The van der Waals surface area contributed by atoms with Gasteiger partial charge in [0.25, 0.3) is 0 Å². The number of aromatic nitrogens is 2. The highest BCUT2D eigenvalue weighted by Crippen LogP contribution is 2.23. The van der Waals surface area contributed by atoms with Crippen LogP contribution in [0.3, 0.4) is 0 Å². The molecule has 0 amide bonds. The van der Waals surface area contributed by atoms with Crippen molar-refractivity contribution >= 4 is 35.6 Å². The SMILES string of the molecule is CN(CC(=O)O)Cc1nc2ccc(Cl)cn2c1C#Cc1cccc(OC(F)(F)F)c1.Cl. The van der Waals surface area contributed by atoms with E-state index in [9.17, 15) is 18.0 Å². The Morgan fingerprint density at radius 2 is 2.03 bits per heavy atom. The first-order valence-corrected chi connectivity index (χ1v) is 8.93. The van der Waals surface area contributed by atoms with Gasteiger partial charge in [0.15, 0.2) is 0 Å². The van der Waals surface area contributed by atoms with Gasteiger partial charge in [-0.25, -0.2) is 4.98 Å². The fraction of sp³-hybridized carbons (Fsp3) is 0.200. The van der Waals surface area contributed by atoms with Gasteiger partial charge in [-0.2, -0.15) is 0 Å². The van der Waals surface area contributed by atoms with E-state index in [0.717, 1.165) is 0 Å². The Labute approximate surface area is 186 Å². The van der Waals surface area contributed by atoms with E-state index in [4.69, 9.17) is 16.7 Å². The van der Waals surface area contributed by atoms with Gasteiger partial charge in [0, 0.05) is 18.3 Å². The van der Waals surface area contributed by atoms with E-state index < -0.39 is 12.3 Å². The predicted molar refractivity (Wildman–Crippen MR) is 111 cm³/mol. The van der Waals surface area contributed by atoms with Crippen molar-refractivity contribution in [2.24, 2.45) is 0 Å². The number of pyridine rings is 1. The Morgan fingerprint density at radius 1 is 1.29 bits per heavy atom. The molecule has 164 valence electrons. The van der Waals surface area contributed by atoms with Gasteiger partial charge in [0.1, 0.15) is 17.1 Å². The molecule has 0 spiro atoms. The number of imidazole rings is 1. The molecule has 0 saturated carbocycles. The van der Waals surface area contributed by atoms with Crippen molar-refractivity contribution in [1.29, 1.82) is 0 Å². The van der Waals surface area contributed by atoms with Crippen LogP contribution in [0.25, 0.3) is 5.65 Å². The van der Waals surface area contributed by atoms with Crippen LogP contribution in [0.4, 0.5) is 13.2 Å². The molecule has 0 bridgehead atoms. The molecule has 1 aromatic carbocycles. The number of likely N-dealkylation sites (N-methyl/N-ethyl adjacent to an activating group) is 1. The highest BCUT2D eigenvalue weighted by atomic mass is 35.5. The molecule has 0 aliphatic carbocycles. The molecule has 0 saturated heterocycles. The maximum absolute atomic E-state index is 12.4. The van der Waals surface area contributed by atoms with E-state index in [1.807, 2.05) is 0 Å². The van der Waals surface area contributed by atoms with Crippen LogP contribution in [0.5, 0.6) is 5.75 Å². The number of carbonyl (C=O) groups is 1. The summed E-state index contributed by atoms with van der Waals surface area (Å²) in [4.78, 5) is 17.0. The second-order valence-corrected chi connectivity index (χ2v) is 6.81. The summed E-state index contributed by atoms with van der Waals surface area (Å²) in [6.45, 7) is 0.00512. The summed E-state index contributed by atoms with van der Waals surface area (Å²) < 4.78 is 42.9. The van der Waals surface area contributed by atoms with Crippen LogP contribution in [0.1, 0.15) is 17.0 Å². The number of carboxylic acid groups (broad SMARTS) is 1. The highest BCUT2D eigenvalue weighted by Gasteiger charge is 2.31. The van der Waals surface area contributed by atoms with Gasteiger partial charge >= 0.3 is 12.3 Å². The van der Waals surface area contributed by atoms with Crippen LogP contribution in [-0.2, 0) is 11.3 Å². The zero-order valence-electron chi connectivity index (χ0n) is 16.0. The fourth-order valence-corrected chi connectivity index (χ4v) is 2.92. The first-order chi connectivity index (χ1) is 14.1. The van der Waals surface area contributed by atoms with Gasteiger partial charge in [0.2, 0.25) is 0 Å². The van der Waals surface area contributed by atoms with Crippen molar-refractivity contribution in [1.82, 2.24) is 14.3 Å². The number of fused-ring (bicyclic) bond motifs is 1. The lowest BCUT2D eigenvalue weighted by Gasteiger charge is -2.12. The smallest absolute Gasteiger partial charge is 0.480 e. The number of hydrogen-bond donors (Lipinski definition) is 1. The second-order valence-electron chi connectivity index (χ2n) is 6.37. The van der Waals surface area contributed by atoms with Crippen molar-refractivity contribution in [3.05, 3.63) is 64.6 Å². The monoisotopic (exact) mass is 473 g/mol. The van der Waals surface area contributed by atoms with Gasteiger partial charge < -0.3 is 9.84 Å². The molecule has 0 atom stereocenters. The molecule has 6 nitrogen and oxygen atoms in total. The van der Waals surface area contributed by atoms with Crippen molar-refractivity contribution in [2.75, 3.05) is 13.6 Å². The van der Waals surface area contributed by atoms with E-state index in [1.165, 1.54) is 18.2 Å². The summed E-state index contributed by atoms with van der Waals surface area (Å²) >= 11 is 6.07. The number of halogens is 5. The predicted octanol–water partition coefficient (Wildman–Crippen LogP) is 4.22. The molecule has 0 aliphatic rings. The van der Waals surface area contributed by atoms with Crippen molar-refractivity contribution in [3.63, 3.8) is 0 Å². The molecule has 1 N–H and O–H groups in total. The minimum atomic E-state index is -4.80. The molecule has 0 fully saturated rings.